The molecule has 0 aliphatic carbocycles. The van der Waals surface area contributed by atoms with E-state index < -0.39 is 6.10 Å². The van der Waals surface area contributed by atoms with Gasteiger partial charge in [0.25, 0.3) is 5.56 Å². The molecule has 0 fully saturated rings. The summed E-state index contributed by atoms with van der Waals surface area (Å²) in [6.45, 7) is 3.96. The largest absolute Gasteiger partial charge is 0.491 e. The van der Waals surface area contributed by atoms with Gasteiger partial charge in [-0.3, -0.25) is 9.36 Å². The molecule has 2 heterocycles. The lowest BCUT2D eigenvalue weighted by Crippen LogP contribution is -2.30. The van der Waals surface area contributed by atoms with Crippen LogP contribution < -0.4 is 10.3 Å². The molecule has 2 aromatic heterocycles. The zero-order valence-corrected chi connectivity index (χ0v) is 16.6. The third kappa shape index (κ3) is 4.08. The normalized spacial score (nSPS) is 12.3. The summed E-state index contributed by atoms with van der Waals surface area (Å²) in [5.74, 6) is 0.0706. The van der Waals surface area contributed by atoms with E-state index in [0.29, 0.717) is 16.8 Å². The molecule has 0 aliphatic heterocycles. The second-order valence-corrected chi connectivity index (χ2v) is 7.26. The van der Waals surface area contributed by atoms with Crippen molar-refractivity contribution in [2.45, 2.75) is 26.5 Å². The van der Waals surface area contributed by atoms with Crippen LogP contribution in [0.1, 0.15) is 11.1 Å². The maximum atomic E-state index is 12.9. The first kappa shape index (κ1) is 19.8. The topological polar surface area (TPSA) is 82.2 Å². The van der Waals surface area contributed by atoms with Gasteiger partial charge in [0.05, 0.1) is 18.4 Å². The minimum atomic E-state index is -0.943. The van der Waals surface area contributed by atoms with Crippen LogP contribution in [-0.2, 0) is 6.54 Å². The van der Waals surface area contributed by atoms with E-state index in [1.54, 1.807) is 4.68 Å². The zero-order chi connectivity index (χ0) is 21.3. The van der Waals surface area contributed by atoms with Crippen molar-refractivity contribution in [1.82, 2.24) is 19.3 Å². The number of aliphatic hydroxyl groups is 1. The van der Waals surface area contributed by atoms with Gasteiger partial charge in [-0.1, -0.05) is 6.07 Å². The molecule has 30 heavy (non-hydrogen) atoms. The van der Waals surface area contributed by atoms with Gasteiger partial charge in [0.2, 0.25) is 0 Å². The van der Waals surface area contributed by atoms with Gasteiger partial charge in [0.15, 0.2) is 5.65 Å². The Morgan fingerprint density at radius 2 is 1.83 bits per heavy atom. The summed E-state index contributed by atoms with van der Waals surface area (Å²) >= 11 is 0. The van der Waals surface area contributed by atoms with Crippen molar-refractivity contribution in [3.8, 4) is 11.4 Å². The van der Waals surface area contributed by atoms with E-state index in [9.17, 15) is 14.3 Å². The van der Waals surface area contributed by atoms with Gasteiger partial charge < -0.3 is 9.84 Å². The van der Waals surface area contributed by atoms with Crippen LogP contribution in [0.4, 0.5) is 4.39 Å². The average molecular weight is 408 g/mol. The molecule has 4 aromatic rings. The third-order valence-electron chi connectivity index (χ3n) is 4.67. The molecule has 2 aromatic carbocycles. The lowest BCUT2D eigenvalue weighted by Gasteiger charge is -2.14. The van der Waals surface area contributed by atoms with Crippen molar-refractivity contribution in [1.29, 1.82) is 0 Å². The lowest BCUT2D eigenvalue weighted by molar-refractivity contribution is 0.0914. The number of nitrogens with zero attached hydrogens (tertiary/aromatic N) is 4. The number of benzene rings is 2. The molecule has 1 N–H and O–H groups in total. The monoisotopic (exact) mass is 408 g/mol. The predicted octanol–water partition coefficient (Wildman–Crippen LogP) is 2.78. The summed E-state index contributed by atoms with van der Waals surface area (Å²) < 4.78 is 21.3. The van der Waals surface area contributed by atoms with Crippen LogP contribution in [0.25, 0.3) is 16.7 Å². The Labute approximate surface area is 172 Å². The third-order valence-corrected chi connectivity index (χ3v) is 4.67. The fourth-order valence-corrected chi connectivity index (χ4v) is 3.34. The van der Waals surface area contributed by atoms with Crippen LogP contribution in [0, 0.1) is 19.7 Å². The Kier molecular flexibility index (Phi) is 5.33. The summed E-state index contributed by atoms with van der Waals surface area (Å²) in [6, 6.07) is 11.5. The molecular weight excluding hydrogens is 387 g/mol. The molecule has 8 heteroatoms. The molecule has 1 unspecified atom stereocenters. The van der Waals surface area contributed by atoms with Crippen molar-refractivity contribution < 1.29 is 14.2 Å². The summed E-state index contributed by atoms with van der Waals surface area (Å²) in [4.78, 5) is 17.2. The quantitative estimate of drug-likeness (QED) is 0.531. The Morgan fingerprint density at radius 3 is 2.53 bits per heavy atom. The number of fused-ring (bicyclic) bond motifs is 1. The summed E-state index contributed by atoms with van der Waals surface area (Å²) in [5.41, 5.74) is 3.17. The van der Waals surface area contributed by atoms with Gasteiger partial charge in [-0.25, -0.2) is 14.1 Å². The predicted molar refractivity (Wildman–Crippen MR) is 111 cm³/mol. The highest BCUT2D eigenvalue weighted by Gasteiger charge is 2.14. The Bertz CT molecular complexity index is 1230. The molecule has 0 amide bonds. The maximum absolute atomic E-state index is 12.9. The summed E-state index contributed by atoms with van der Waals surface area (Å²) in [5, 5.41) is 15.0. The molecule has 0 bridgehead atoms. The van der Waals surface area contributed by atoms with Crippen molar-refractivity contribution in [3.05, 3.63) is 82.3 Å². The Balaban J connectivity index is 1.53. The van der Waals surface area contributed by atoms with E-state index in [0.717, 1.165) is 16.8 Å². The van der Waals surface area contributed by atoms with E-state index in [4.69, 9.17) is 4.74 Å². The average Bonchev–Trinajstić information content (AvgIpc) is 3.14. The van der Waals surface area contributed by atoms with Crippen molar-refractivity contribution in [2.75, 3.05) is 6.61 Å². The van der Waals surface area contributed by atoms with Crippen LogP contribution in [0.15, 0.2) is 59.8 Å². The Morgan fingerprint density at radius 1 is 1.13 bits per heavy atom. The molecule has 4 rings (SSSR count). The van der Waals surface area contributed by atoms with Crippen LogP contribution in [0.3, 0.4) is 0 Å². The zero-order valence-electron chi connectivity index (χ0n) is 16.6. The molecule has 1 atom stereocenters. The van der Waals surface area contributed by atoms with E-state index >= 15 is 0 Å². The van der Waals surface area contributed by atoms with Crippen LogP contribution in [0.5, 0.6) is 5.75 Å². The highest BCUT2D eigenvalue weighted by atomic mass is 19.1. The summed E-state index contributed by atoms with van der Waals surface area (Å²) in [7, 11) is 0. The number of halogens is 1. The number of rotatable bonds is 6. The number of hydrogen-bond acceptors (Lipinski definition) is 5. The van der Waals surface area contributed by atoms with Gasteiger partial charge in [0, 0.05) is 0 Å². The number of aromatic nitrogens is 4. The maximum Gasteiger partial charge on any atom is 0.264 e. The number of hydrogen-bond donors (Lipinski definition) is 1. The van der Waals surface area contributed by atoms with E-state index in [1.807, 2.05) is 26.0 Å². The fraction of sp³-hybridized carbons (Fsp3) is 0.227. The van der Waals surface area contributed by atoms with Gasteiger partial charge in [-0.2, -0.15) is 5.10 Å². The molecule has 7 nitrogen and oxygen atoms in total. The van der Waals surface area contributed by atoms with Crippen molar-refractivity contribution >= 4 is 11.0 Å². The van der Waals surface area contributed by atoms with Gasteiger partial charge in [-0.15, -0.1) is 0 Å². The fourth-order valence-electron chi connectivity index (χ4n) is 3.34. The second kappa shape index (κ2) is 8.08. The van der Waals surface area contributed by atoms with E-state index in [2.05, 4.69) is 16.1 Å². The molecule has 0 saturated heterocycles. The molecule has 0 spiro atoms. The molecule has 0 saturated carbocycles. The van der Waals surface area contributed by atoms with Gasteiger partial charge in [0.1, 0.15) is 36.0 Å². The molecule has 0 radical (unpaired) electrons. The number of ether oxygens (including phenoxy) is 1. The van der Waals surface area contributed by atoms with Gasteiger partial charge >= 0.3 is 0 Å². The molecule has 154 valence electrons. The minimum Gasteiger partial charge on any atom is -0.491 e. The van der Waals surface area contributed by atoms with Crippen LogP contribution >= 0.6 is 0 Å². The standard InChI is InChI=1S/C22H21FN4O3/c1-14-7-15(2)9-17(8-14)27-21-20(10-25-27)22(29)26(13-24-21)11-18(28)12-30-19-5-3-16(23)4-6-19/h3-10,13,18,28H,11-12H2,1-2H3. The number of aliphatic hydroxyl groups excluding tert-OH is 1. The number of aryl methyl sites for hydroxylation is 2. The summed E-state index contributed by atoms with van der Waals surface area (Å²) in [6.07, 6.45) is 1.94. The van der Waals surface area contributed by atoms with E-state index in [-0.39, 0.29) is 24.5 Å². The first-order chi connectivity index (χ1) is 14.4. The van der Waals surface area contributed by atoms with Gasteiger partial charge in [-0.05, 0) is 61.4 Å². The highest BCUT2D eigenvalue weighted by Crippen LogP contribution is 2.17. The lowest BCUT2D eigenvalue weighted by atomic mass is 10.1. The van der Waals surface area contributed by atoms with Crippen molar-refractivity contribution in [3.63, 3.8) is 0 Å². The van der Waals surface area contributed by atoms with Crippen LogP contribution in [-0.4, -0.2) is 37.1 Å². The molecule has 0 aliphatic rings. The first-order valence-electron chi connectivity index (χ1n) is 9.49. The van der Waals surface area contributed by atoms with Crippen molar-refractivity contribution in [2.24, 2.45) is 0 Å². The highest BCUT2D eigenvalue weighted by molar-refractivity contribution is 5.75. The SMILES string of the molecule is Cc1cc(C)cc(-n2ncc3c(=O)n(CC(O)COc4ccc(F)cc4)cnc32)c1. The minimum absolute atomic E-state index is 0.0116. The molecular formula is C22H21FN4O3. The first-order valence-corrected chi connectivity index (χ1v) is 9.49. The van der Waals surface area contributed by atoms with Crippen LogP contribution in [0.2, 0.25) is 0 Å². The van der Waals surface area contributed by atoms with E-state index in [1.165, 1.54) is 41.4 Å². The Hall–Kier alpha value is -3.52. The second-order valence-electron chi connectivity index (χ2n) is 7.26. The smallest absolute Gasteiger partial charge is 0.264 e.